The molecule has 0 aliphatic carbocycles. The number of halogens is 1. The molecule has 0 rings (SSSR count). The molecule has 0 bridgehead atoms. The maximum atomic E-state index is 11.7. The average Bonchev–Trinajstić information content (AvgIpc) is 2.00. The van der Waals surface area contributed by atoms with Crippen LogP contribution >= 0.6 is 15.9 Å². The van der Waals surface area contributed by atoms with Gasteiger partial charge in [-0.1, -0.05) is 15.9 Å². The van der Waals surface area contributed by atoms with Gasteiger partial charge in [-0.25, -0.2) is 0 Å². The zero-order chi connectivity index (χ0) is 10.6. The van der Waals surface area contributed by atoms with Crippen LogP contribution in [-0.4, -0.2) is 41.9 Å². The second kappa shape index (κ2) is 4.96. The van der Waals surface area contributed by atoms with E-state index >= 15 is 0 Å². The third-order valence-electron chi connectivity index (χ3n) is 1.90. The average molecular weight is 252 g/mol. The van der Waals surface area contributed by atoms with Crippen molar-refractivity contribution in [3.63, 3.8) is 0 Å². The van der Waals surface area contributed by atoms with E-state index in [0.29, 0.717) is 6.61 Å². The summed E-state index contributed by atoms with van der Waals surface area (Å²) in [6.45, 7) is 6.20. The summed E-state index contributed by atoms with van der Waals surface area (Å²) in [4.78, 5) is 13.4. The van der Waals surface area contributed by atoms with Crippen LogP contribution in [0.4, 0.5) is 0 Å². The molecule has 0 aromatic heterocycles. The lowest BCUT2D eigenvalue weighted by molar-refractivity contribution is -0.134. The van der Waals surface area contributed by atoms with Crippen LogP contribution in [0, 0.1) is 0 Å². The Labute approximate surface area is 88.6 Å². The number of alkyl halides is 1. The van der Waals surface area contributed by atoms with Gasteiger partial charge < -0.3 is 9.64 Å². The lowest BCUT2D eigenvalue weighted by Gasteiger charge is -2.29. The minimum absolute atomic E-state index is 0.0667. The van der Waals surface area contributed by atoms with Crippen LogP contribution < -0.4 is 0 Å². The van der Waals surface area contributed by atoms with Gasteiger partial charge in [0.15, 0.2) is 0 Å². The predicted molar refractivity (Wildman–Crippen MR) is 57.1 cm³/mol. The summed E-state index contributed by atoms with van der Waals surface area (Å²) in [6.07, 6.45) is 0. The van der Waals surface area contributed by atoms with E-state index in [9.17, 15) is 4.79 Å². The molecule has 0 aliphatic heterocycles. The molecule has 0 saturated carbocycles. The summed E-state index contributed by atoms with van der Waals surface area (Å²) >= 11 is 3.33. The van der Waals surface area contributed by atoms with Gasteiger partial charge in [0.25, 0.3) is 0 Å². The van der Waals surface area contributed by atoms with Crippen molar-refractivity contribution in [2.24, 2.45) is 0 Å². The SMILES string of the molecule is COCC(C)N(C)C(=O)C(C)(C)Br. The summed E-state index contributed by atoms with van der Waals surface area (Å²) in [7, 11) is 3.42. The number of carbonyl (C=O) groups is 1. The summed E-state index contributed by atoms with van der Waals surface area (Å²) < 4.78 is 4.48. The van der Waals surface area contributed by atoms with Gasteiger partial charge in [-0.05, 0) is 20.8 Å². The molecule has 0 aromatic rings. The van der Waals surface area contributed by atoms with E-state index in [1.807, 2.05) is 20.8 Å². The number of carbonyl (C=O) groups excluding carboxylic acids is 1. The Morgan fingerprint density at radius 2 is 2.08 bits per heavy atom. The molecule has 0 spiro atoms. The van der Waals surface area contributed by atoms with E-state index in [1.54, 1.807) is 19.1 Å². The molecular formula is C9H18BrNO2. The smallest absolute Gasteiger partial charge is 0.238 e. The second-order valence-electron chi connectivity index (χ2n) is 3.69. The molecule has 1 unspecified atom stereocenters. The van der Waals surface area contributed by atoms with Crippen LogP contribution in [-0.2, 0) is 9.53 Å². The van der Waals surface area contributed by atoms with Crippen molar-refractivity contribution in [2.45, 2.75) is 31.1 Å². The van der Waals surface area contributed by atoms with Crippen molar-refractivity contribution in [2.75, 3.05) is 20.8 Å². The molecule has 0 aliphatic rings. The number of likely N-dealkylation sites (N-methyl/N-ethyl adjacent to an activating group) is 1. The molecule has 0 aromatic carbocycles. The van der Waals surface area contributed by atoms with E-state index in [2.05, 4.69) is 15.9 Å². The van der Waals surface area contributed by atoms with Crippen molar-refractivity contribution in [3.05, 3.63) is 0 Å². The summed E-state index contributed by atoms with van der Waals surface area (Å²) in [5, 5.41) is 0. The van der Waals surface area contributed by atoms with Gasteiger partial charge in [-0.2, -0.15) is 0 Å². The first-order valence-electron chi connectivity index (χ1n) is 4.25. The molecule has 0 N–H and O–H groups in total. The van der Waals surface area contributed by atoms with E-state index in [0.717, 1.165) is 0 Å². The van der Waals surface area contributed by atoms with Gasteiger partial charge in [-0.3, -0.25) is 4.79 Å². The highest BCUT2D eigenvalue weighted by Gasteiger charge is 2.29. The highest BCUT2D eigenvalue weighted by atomic mass is 79.9. The summed E-state index contributed by atoms with van der Waals surface area (Å²) in [6, 6.07) is 0.106. The largest absolute Gasteiger partial charge is 0.383 e. The number of methoxy groups -OCH3 is 1. The van der Waals surface area contributed by atoms with Crippen LogP contribution in [0.3, 0.4) is 0 Å². The third-order valence-corrected chi connectivity index (χ3v) is 2.24. The Bertz CT molecular complexity index is 177. The van der Waals surface area contributed by atoms with Crippen LogP contribution in [0.15, 0.2) is 0 Å². The zero-order valence-electron chi connectivity index (χ0n) is 8.93. The number of hydrogen-bond acceptors (Lipinski definition) is 2. The van der Waals surface area contributed by atoms with Gasteiger partial charge >= 0.3 is 0 Å². The fourth-order valence-electron chi connectivity index (χ4n) is 0.973. The van der Waals surface area contributed by atoms with Gasteiger partial charge in [0, 0.05) is 14.2 Å². The first-order valence-corrected chi connectivity index (χ1v) is 5.05. The second-order valence-corrected chi connectivity index (χ2v) is 5.68. The zero-order valence-corrected chi connectivity index (χ0v) is 10.5. The number of rotatable bonds is 4. The first-order chi connectivity index (χ1) is 5.80. The number of nitrogens with zero attached hydrogens (tertiary/aromatic N) is 1. The van der Waals surface area contributed by atoms with Crippen molar-refractivity contribution >= 4 is 21.8 Å². The van der Waals surface area contributed by atoms with Gasteiger partial charge in [-0.15, -0.1) is 0 Å². The minimum Gasteiger partial charge on any atom is -0.383 e. The van der Waals surface area contributed by atoms with Crippen molar-refractivity contribution in [1.82, 2.24) is 4.90 Å². The van der Waals surface area contributed by atoms with Crippen LogP contribution in [0.25, 0.3) is 0 Å². The van der Waals surface area contributed by atoms with Crippen molar-refractivity contribution < 1.29 is 9.53 Å². The molecule has 4 heteroatoms. The molecule has 0 saturated heterocycles. The van der Waals surface area contributed by atoms with E-state index in [1.165, 1.54) is 0 Å². The molecule has 0 heterocycles. The van der Waals surface area contributed by atoms with Crippen LogP contribution in [0.5, 0.6) is 0 Å². The third kappa shape index (κ3) is 4.09. The van der Waals surface area contributed by atoms with Crippen molar-refractivity contribution in [1.29, 1.82) is 0 Å². The topological polar surface area (TPSA) is 29.5 Å². The minimum atomic E-state index is -0.496. The summed E-state index contributed by atoms with van der Waals surface area (Å²) in [5.41, 5.74) is 0. The standard InChI is InChI=1S/C9H18BrNO2/c1-7(6-13-5)11(4)8(12)9(2,3)10/h7H,6H2,1-5H3. The molecule has 3 nitrogen and oxygen atoms in total. The molecule has 0 radical (unpaired) electrons. The number of hydrogen-bond donors (Lipinski definition) is 0. The number of ether oxygens (including phenoxy) is 1. The molecule has 0 fully saturated rings. The quantitative estimate of drug-likeness (QED) is 0.712. The Hall–Kier alpha value is -0.0900. The van der Waals surface area contributed by atoms with E-state index in [-0.39, 0.29) is 11.9 Å². The normalized spacial score (nSPS) is 14.0. The first kappa shape index (κ1) is 12.9. The fraction of sp³-hybridized carbons (Fsp3) is 0.889. The maximum absolute atomic E-state index is 11.7. The van der Waals surface area contributed by atoms with Crippen LogP contribution in [0.2, 0.25) is 0 Å². The fourth-order valence-corrected chi connectivity index (χ4v) is 1.25. The van der Waals surface area contributed by atoms with Gasteiger partial charge in [0.2, 0.25) is 5.91 Å². The summed E-state index contributed by atoms with van der Waals surface area (Å²) in [5.74, 6) is 0.0667. The molecule has 78 valence electrons. The maximum Gasteiger partial charge on any atom is 0.238 e. The highest BCUT2D eigenvalue weighted by Crippen LogP contribution is 2.19. The van der Waals surface area contributed by atoms with Gasteiger partial charge in [0.1, 0.15) is 0 Å². The van der Waals surface area contributed by atoms with Crippen molar-refractivity contribution in [3.8, 4) is 0 Å². The van der Waals surface area contributed by atoms with Gasteiger partial charge in [0.05, 0.1) is 17.0 Å². The highest BCUT2D eigenvalue weighted by molar-refractivity contribution is 9.10. The van der Waals surface area contributed by atoms with E-state index < -0.39 is 4.32 Å². The Kier molecular flexibility index (Phi) is 4.92. The molecule has 13 heavy (non-hydrogen) atoms. The lowest BCUT2D eigenvalue weighted by atomic mass is 10.1. The molecular weight excluding hydrogens is 234 g/mol. The monoisotopic (exact) mass is 251 g/mol. The molecule has 1 amide bonds. The molecule has 1 atom stereocenters. The Balaban J connectivity index is 4.26. The van der Waals surface area contributed by atoms with E-state index in [4.69, 9.17) is 4.74 Å². The number of amides is 1. The Morgan fingerprint density at radius 3 is 2.38 bits per heavy atom. The Morgan fingerprint density at radius 1 is 1.62 bits per heavy atom. The van der Waals surface area contributed by atoms with Crippen LogP contribution in [0.1, 0.15) is 20.8 Å². The lowest BCUT2D eigenvalue weighted by Crippen LogP contribution is -2.45. The predicted octanol–water partition coefficient (Wildman–Crippen LogP) is 1.65.